The average molecular weight is 195 g/mol. The molecule has 1 aliphatic heterocycles. The van der Waals surface area contributed by atoms with Gasteiger partial charge in [0.05, 0.1) is 0 Å². The lowest BCUT2D eigenvalue weighted by Gasteiger charge is -2.32. The van der Waals surface area contributed by atoms with Gasteiger partial charge < -0.3 is 4.90 Å². The molecule has 0 N–H and O–H groups in total. The summed E-state index contributed by atoms with van der Waals surface area (Å²) in [5, 5.41) is 0. The number of Topliss-reactive ketones (excluding diaryl/α,β-unsaturated/α-hetero) is 1. The molecule has 1 amide bonds. The van der Waals surface area contributed by atoms with Gasteiger partial charge in [-0.2, -0.15) is 0 Å². The Balaban J connectivity index is 2.98. The van der Waals surface area contributed by atoms with Crippen molar-refractivity contribution in [1.82, 2.24) is 4.90 Å². The van der Waals surface area contributed by atoms with Crippen LogP contribution in [0.15, 0.2) is 11.3 Å². The van der Waals surface area contributed by atoms with Gasteiger partial charge >= 0.3 is 0 Å². The molecule has 3 nitrogen and oxygen atoms in total. The summed E-state index contributed by atoms with van der Waals surface area (Å²) in [6.45, 7) is 7.70. The van der Waals surface area contributed by atoms with E-state index in [0.717, 1.165) is 17.7 Å². The van der Waals surface area contributed by atoms with E-state index in [0.29, 0.717) is 6.54 Å². The molecule has 1 atom stereocenters. The lowest BCUT2D eigenvalue weighted by molar-refractivity contribution is -0.128. The highest BCUT2D eigenvalue weighted by atomic mass is 16.2. The Labute approximate surface area is 84.8 Å². The van der Waals surface area contributed by atoms with Crippen molar-refractivity contribution in [3.63, 3.8) is 0 Å². The number of carbonyl (C=O) groups is 2. The Morgan fingerprint density at radius 3 is 2.29 bits per heavy atom. The summed E-state index contributed by atoms with van der Waals surface area (Å²) in [5.41, 5.74) is 1.99. The van der Waals surface area contributed by atoms with Crippen molar-refractivity contribution in [2.75, 3.05) is 6.54 Å². The van der Waals surface area contributed by atoms with Crippen molar-refractivity contribution in [2.45, 2.75) is 34.1 Å². The van der Waals surface area contributed by atoms with Crippen LogP contribution < -0.4 is 0 Å². The first-order chi connectivity index (χ1) is 6.45. The normalized spacial score (nSPS) is 22.6. The maximum Gasteiger partial charge on any atom is 0.223 e. The summed E-state index contributed by atoms with van der Waals surface area (Å²) in [7, 11) is 0. The third kappa shape index (κ3) is 1.86. The first-order valence-electron chi connectivity index (χ1n) is 4.91. The summed E-state index contributed by atoms with van der Waals surface area (Å²) in [4.78, 5) is 24.3. The fraction of sp³-hybridized carbons (Fsp3) is 0.636. The number of rotatable bonds is 1. The fourth-order valence-electron chi connectivity index (χ4n) is 2.01. The zero-order valence-corrected chi connectivity index (χ0v) is 9.26. The monoisotopic (exact) mass is 195 g/mol. The van der Waals surface area contributed by atoms with Crippen molar-refractivity contribution >= 4 is 11.7 Å². The number of ketones is 1. The highest BCUT2D eigenvalue weighted by Gasteiger charge is 2.27. The third-order valence-corrected chi connectivity index (χ3v) is 3.01. The molecule has 1 unspecified atom stereocenters. The highest BCUT2D eigenvalue weighted by Crippen LogP contribution is 2.27. The lowest BCUT2D eigenvalue weighted by Crippen LogP contribution is -2.36. The molecule has 0 aromatic rings. The Morgan fingerprint density at radius 2 is 1.86 bits per heavy atom. The molecule has 0 saturated heterocycles. The van der Waals surface area contributed by atoms with Crippen molar-refractivity contribution < 1.29 is 9.59 Å². The molecule has 0 spiro atoms. The van der Waals surface area contributed by atoms with E-state index in [4.69, 9.17) is 0 Å². The predicted molar refractivity (Wildman–Crippen MR) is 54.5 cm³/mol. The second kappa shape index (κ2) is 3.95. The maximum atomic E-state index is 11.3. The first-order valence-corrected chi connectivity index (χ1v) is 4.91. The van der Waals surface area contributed by atoms with Gasteiger partial charge in [0.1, 0.15) is 5.78 Å². The van der Waals surface area contributed by atoms with Crippen LogP contribution in [0.2, 0.25) is 0 Å². The van der Waals surface area contributed by atoms with Crippen molar-refractivity contribution in [3.8, 4) is 0 Å². The molecule has 1 heterocycles. The zero-order chi connectivity index (χ0) is 10.9. The minimum atomic E-state index is 0.0191. The van der Waals surface area contributed by atoms with E-state index in [1.54, 1.807) is 18.7 Å². The van der Waals surface area contributed by atoms with E-state index in [1.807, 2.05) is 13.8 Å². The Hall–Kier alpha value is -1.12. The number of amides is 1. The van der Waals surface area contributed by atoms with Crippen LogP contribution in [0.5, 0.6) is 0 Å². The molecule has 0 aromatic carbocycles. The number of carbonyl (C=O) groups excluding carboxylic acids is 2. The Bertz CT molecular complexity index is 274. The molecule has 0 bridgehead atoms. The van der Waals surface area contributed by atoms with Gasteiger partial charge in [-0.15, -0.1) is 0 Å². The largest absolute Gasteiger partial charge is 0.317 e. The molecule has 0 radical (unpaired) electrons. The molecule has 14 heavy (non-hydrogen) atoms. The van der Waals surface area contributed by atoms with Gasteiger partial charge in [0.25, 0.3) is 0 Å². The second-order valence-electron chi connectivity index (χ2n) is 3.89. The molecule has 1 rings (SSSR count). The topological polar surface area (TPSA) is 37.4 Å². The van der Waals surface area contributed by atoms with Crippen LogP contribution in [0.4, 0.5) is 0 Å². The van der Waals surface area contributed by atoms with Crippen LogP contribution in [0, 0.1) is 5.92 Å². The van der Waals surface area contributed by atoms with E-state index in [1.165, 1.54) is 0 Å². The van der Waals surface area contributed by atoms with Gasteiger partial charge in [-0.05, 0) is 32.8 Å². The standard InChI is InChI=1S/C11H17NO2/c1-7-8(2)12(10(4)14)6-5-11(7)9(3)13/h11H,5-6H2,1-4H3. The minimum absolute atomic E-state index is 0.0191. The van der Waals surface area contributed by atoms with E-state index in [-0.39, 0.29) is 17.6 Å². The predicted octanol–water partition coefficient (Wildman–Crippen LogP) is 1.74. The van der Waals surface area contributed by atoms with E-state index in [9.17, 15) is 9.59 Å². The number of allylic oxidation sites excluding steroid dienone is 2. The summed E-state index contributed by atoms with van der Waals surface area (Å²) in [6, 6.07) is 0. The maximum absolute atomic E-state index is 11.3. The molecular formula is C11H17NO2. The zero-order valence-electron chi connectivity index (χ0n) is 9.26. The molecule has 0 saturated carbocycles. The summed E-state index contributed by atoms with van der Waals surface area (Å²) in [5.74, 6) is 0.277. The second-order valence-corrected chi connectivity index (χ2v) is 3.89. The van der Waals surface area contributed by atoms with Crippen molar-refractivity contribution in [1.29, 1.82) is 0 Å². The summed E-state index contributed by atoms with van der Waals surface area (Å²) in [6.07, 6.45) is 0.762. The SMILES string of the molecule is CC(=O)C1CCN(C(C)=O)C(C)=C1C. The van der Waals surface area contributed by atoms with Gasteiger partial charge in [-0.25, -0.2) is 0 Å². The minimum Gasteiger partial charge on any atom is -0.317 e. The Kier molecular flexibility index (Phi) is 3.09. The van der Waals surface area contributed by atoms with Crippen LogP contribution in [-0.4, -0.2) is 23.1 Å². The van der Waals surface area contributed by atoms with Crippen LogP contribution in [0.3, 0.4) is 0 Å². The molecular weight excluding hydrogens is 178 g/mol. The van der Waals surface area contributed by atoms with Crippen LogP contribution >= 0.6 is 0 Å². The number of hydrogen-bond donors (Lipinski definition) is 0. The highest BCUT2D eigenvalue weighted by molar-refractivity contribution is 5.83. The van der Waals surface area contributed by atoms with Crippen LogP contribution in [0.25, 0.3) is 0 Å². The van der Waals surface area contributed by atoms with Gasteiger partial charge in [0.15, 0.2) is 0 Å². The Morgan fingerprint density at radius 1 is 1.29 bits per heavy atom. The third-order valence-electron chi connectivity index (χ3n) is 3.01. The lowest BCUT2D eigenvalue weighted by atomic mass is 9.88. The average Bonchev–Trinajstić information content (AvgIpc) is 2.08. The van der Waals surface area contributed by atoms with E-state index in [2.05, 4.69) is 0 Å². The molecule has 0 aromatic heterocycles. The smallest absolute Gasteiger partial charge is 0.223 e. The number of nitrogens with zero attached hydrogens (tertiary/aromatic N) is 1. The molecule has 78 valence electrons. The molecule has 0 fully saturated rings. The van der Waals surface area contributed by atoms with Gasteiger partial charge in [-0.3, -0.25) is 9.59 Å². The van der Waals surface area contributed by atoms with E-state index < -0.39 is 0 Å². The molecule has 0 aliphatic carbocycles. The first kappa shape index (κ1) is 11.0. The molecule has 3 heteroatoms. The van der Waals surface area contributed by atoms with Crippen molar-refractivity contribution in [2.24, 2.45) is 5.92 Å². The van der Waals surface area contributed by atoms with E-state index >= 15 is 0 Å². The van der Waals surface area contributed by atoms with Gasteiger partial charge in [0, 0.05) is 25.1 Å². The quantitative estimate of drug-likeness (QED) is 0.639. The number of hydrogen-bond acceptors (Lipinski definition) is 2. The molecule has 1 aliphatic rings. The fourth-order valence-corrected chi connectivity index (χ4v) is 2.01. The van der Waals surface area contributed by atoms with Gasteiger partial charge in [-0.1, -0.05) is 0 Å². The van der Waals surface area contributed by atoms with Crippen molar-refractivity contribution in [3.05, 3.63) is 11.3 Å². The summed E-state index contributed by atoms with van der Waals surface area (Å²) >= 11 is 0. The summed E-state index contributed by atoms with van der Waals surface area (Å²) < 4.78 is 0. The van der Waals surface area contributed by atoms with Crippen LogP contribution in [0.1, 0.15) is 34.1 Å². The van der Waals surface area contributed by atoms with Crippen LogP contribution in [-0.2, 0) is 9.59 Å². The van der Waals surface area contributed by atoms with Gasteiger partial charge in [0.2, 0.25) is 5.91 Å².